The maximum Gasteiger partial charge on any atom is 0.0791 e. The van der Waals surface area contributed by atoms with Gasteiger partial charge in [-0.25, -0.2) is 0 Å². The van der Waals surface area contributed by atoms with Crippen LogP contribution in [0.2, 0.25) is 0 Å². The first kappa shape index (κ1) is 13.9. The number of aliphatic hydroxyl groups is 1. The van der Waals surface area contributed by atoms with Crippen molar-refractivity contribution in [2.24, 2.45) is 0 Å². The summed E-state index contributed by atoms with van der Waals surface area (Å²) < 4.78 is 0. The first-order chi connectivity index (χ1) is 7.49. The Balaban J connectivity index is 2.18. The van der Waals surface area contributed by atoms with Gasteiger partial charge in [0.05, 0.1) is 6.10 Å². The molecular weight excluding hydrogens is 202 g/mol. The minimum Gasteiger partial charge on any atom is -0.390 e. The molecule has 2 unspecified atom stereocenters. The summed E-state index contributed by atoms with van der Waals surface area (Å²) in [5, 5.41) is 13.1. The summed E-state index contributed by atoms with van der Waals surface area (Å²) >= 11 is 0. The molecule has 4 heteroatoms. The van der Waals surface area contributed by atoms with Crippen molar-refractivity contribution < 1.29 is 5.11 Å². The van der Waals surface area contributed by atoms with Crippen molar-refractivity contribution >= 4 is 0 Å². The lowest BCUT2D eigenvalue weighted by atomic mass is 10.2. The highest BCUT2D eigenvalue weighted by Crippen LogP contribution is 2.13. The van der Waals surface area contributed by atoms with Gasteiger partial charge in [0.1, 0.15) is 0 Å². The quantitative estimate of drug-likeness (QED) is 0.671. The molecule has 0 aromatic carbocycles. The van der Waals surface area contributed by atoms with Gasteiger partial charge in [-0.1, -0.05) is 13.8 Å². The molecular formula is C12H27N3O. The molecule has 1 aliphatic heterocycles. The van der Waals surface area contributed by atoms with Gasteiger partial charge in [-0.15, -0.1) is 0 Å². The first-order valence-corrected chi connectivity index (χ1v) is 6.29. The van der Waals surface area contributed by atoms with Crippen molar-refractivity contribution in [3.63, 3.8) is 0 Å². The second-order valence-electron chi connectivity index (χ2n) is 5.38. The molecule has 2 N–H and O–H groups in total. The number of β-amino-alcohol motifs (C(OH)–C–C–N with tert-alkyl or cyclic N) is 1. The lowest BCUT2D eigenvalue weighted by Gasteiger charge is -2.23. The van der Waals surface area contributed by atoms with Crippen LogP contribution in [0.1, 0.15) is 20.3 Å². The van der Waals surface area contributed by atoms with Gasteiger partial charge in [0.15, 0.2) is 0 Å². The number of nitrogens with one attached hydrogen (secondary N) is 1. The van der Waals surface area contributed by atoms with Crippen molar-refractivity contribution in [2.45, 2.75) is 38.5 Å². The molecule has 0 aromatic heterocycles. The normalized spacial score (nSPS) is 24.6. The highest BCUT2D eigenvalue weighted by molar-refractivity contribution is 4.82. The third-order valence-electron chi connectivity index (χ3n) is 3.21. The second-order valence-corrected chi connectivity index (χ2v) is 5.38. The number of rotatable bonds is 6. The molecule has 0 spiro atoms. The van der Waals surface area contributed by atoms with Gasteiger partial charge in [-0.3, -0.25) is 4.90 Å². The molecule has 1 aliphatic rings. The number of likely N-dealkylation sites (tertiary alicyclic amines) is 1. The fraction of sp³-hybridized carbons (Fsp3) is 1.00. The van der Waals surface area contributed by atoms with E-state index in [1.807, 2.05) is 0 Å². The minimum absolute atomic E-state index is 0.247. The number of nitrogens with zero attached hydrogens (tertiary/aromatic N) is 2. The fourth-order valence-corrected chi connectivity index (χ4v) is 2.13. The topological polar surface area (TPSA) is 38.7 Å². The average Bonchev–Trinajstić information content (AvgIpc) is 2.63. The van der Waals surface area contributed by atoms with Gasteiger partial charge in [0, 0.05) is 31.7 Å². The molecule has 1 fully saturated rings. The standard InChI is InChI=1S/C12H27N3O/c1-10(2)13-7-12(16)9-15-6-5-11(8-15)14(3)4/h10-13,16H,5-9H2,1-4H3. The van der Waals surface area contributed by atoms with Crippen molar-refractivity contribution in [2.75, 3.05) is 40.3 Å². The molecule has 1 heterocycles. The molecule has 4 nitrogen and oxygen atoms in total. The van der Waals surface area contributed by atoms with E-state index in [2.05, 4.69) is 43.1 Å². The molecule has 0 bridgehead atoms. The highest BCUT2D eigenvalue weighted by Gasteiger charge is 2.25. The van der Waals surface area contributed by atoms with Gasteiger partial charge in [0.25, 0.3) is 0 Å². The van der Waals surface area contributed by atoms with Crippen molar-refractivity contribution in [1.29, 1.82) is 0 Å². The zero-order chi connectivity index (χ0) is 12.1. The minimum atomic E-state index is -0.247. The summed E-state index contributed by atoms with van der Waals surface area (Å²) in [4.78, 5) is 4.64. The van der Waals surface area contributed by atoms with Crippen LogP contribution >= 0.6 is 0 Å². The van der Waals surface area contributed by atoms with Crippen molar-refractivity contribution in [1.82, 2.24) is 15.1 Å². The van der Waals surface area contributed by atoms with E-state index >= 15 is 0 Å². The van der Waals surface area contributed by atoms with E-state index in [-0.39, 0.29) is 6.10 Å². The van der Waals surface area contributed by atoms with Gasteiger partial charge >= 0.3 is 0 Å². The maximum absolute atomic E-state index is 9.87. The Morgan fingerprint density at radius 1 is 1.44 bits per heavy atom. The number of hydrogen-bond donors (Lipinski definition) is 2. The Kier molecular flexibility index (Phi) is 5.69. The summed E-state index contributed by atoms with van der Waals surface area (Å²) in [7, 11) is 4.26. The monoisotopic (exact) mass is 229 g/mol. The van der Waals surface area contributed by atoms with Crippen molar-refractivity contribution in [3.8, 4) is 0 Å². The first-order valence-electron chi connectivity index (χ1n) is 6.29. The molecule has 0 amide bonds. The Labute approximate surface area is 99.6 Å². The molecule has 0 aromatic rings. The van der Waals surface area contributed by atoms with Gasteiger partial charge in [-0.2, -0.15) is 0 Å². The molecule has 1 saturated heterocycles. The molecule has 0 saturated carbocycles. The summed E-state index contributed by atoms with van der Waals surface area (Å²) in [6.45, 7) is 7.90. The Hall–Kier alpha value is -0.160. The molecule has 0 radical (unpaired) electrons. The van der Waals surface area contributed by atoms with Crippen LogP contribution in [0.3, 0.4) is 0 Å². The van der Waals surface area contributed by atoms with Crippen LogP contribution in [-0.4, -0.2) is 73.4 Å². The summed E-state index contributed by atoms with van der Waals surface area (Å²) in [5.41, 5.74) is 0. The van der Waals surface area contributed by atoms with Crippen molar-refractivity contribution in [3.05, 3.63) is 0 Å². The number of likely N-dealkylation sites (N-methyl/N-ethyl adjacent to an activating group) is 1. The third-order valence-corrected chi connectivity index (χ3v) is 3.21. The predicted molar refractivity (Wildman–Crippen MR) is 67.7 cm³/mol. The van der Waals surface area contributed by atoms with E-state index in [4.69, 9.17) is 0 Å². The fourth-order valence-electron chi connectivity index (χ4n) is 2.13. The van der Waals surface area contributed by atoms with Crippen LogP contribution in [0.25, 0.3) is 0 Å². The summed E-state index contributed by atoms with van der Waals surface area (Å²) in [5.74, 6) is 0. The summed E-state index contributed by atoms with van der Waals surface area (Å²) in [6.07, 6.45) is 0.973. The van der Waals surface area contributed by atoms with E-state index in [0.717, 1.165) is 19.6 Å². The maximum atomic E-state index is 9.87. The largest absolute Gasteiger partial charge is 0.390 e. The lowest BCUT2D eigenvalue weighted by Crippen LogP contribution is -2.40. The van der Waals surface area contributed by atoms with Crippen LogP contribution in [-0.2, 0) is 0 Å². The second kappa shape index (κ2) is 6.55. The average molecular weight is 229 g/mol. The Morgan fingerprint density at radius 3 is 2.62 bits per heavy atom. The van der Waals surface area contributed by atoms with Crippen LogP contribution in [0, 0.1) is 0 Å². The predicted octanol–water partition coefficient (Wildman–Crippen LogP) is -0.0188. The molecule has 16 heavy (non-hydrogen) atoms. The van der Waals surface area contributed by atoms with E-state index in [1.54, 1.807) is 0 Å². The van der Waals surface area contributed by atoms with Crippen LogP contribution in [0.4, 0.5) is 0 Å². The molecule has 2 atom stereocenters. The third kappa shape index (κ3) is 4.78. The van der Waals surface area contributed by atoms with Crippen LogP contribution in [0.5, 0.6) is 0 Å². The van der Waals surface area contributed by atoms with E-state index in [9.17, 15) is 5.11 Å². The van der Waals surface area contributed by atoms with E-state index in [1.165, 1.54) is 6.42 Å². The SMILES string of the molecule is CC(C)NCC(O)CN1CCC(N(C)C)C1. The lowest BCUT2D eigenvalue weighted by molar-refractivity contribution is 0.118. The zero-order valence-electron chi connectivity index (χ0n) is 11.1. The van der Waals surface area contributed by atoms with Gasteiger partial charge in [-0.05, 0) is 27.1 Å². The van der Waals surface area contributed by atoms with E-state index < -0.39 is 0 Å². The van der Waals surface area contributed by atoms with Crippen LogP contribution in [0.15, 0.2) is 0 Å². The number of aliphatic hydroxyl groups excluding tert-OH is 1. The zero-order valence-corrected chi connectivity index (χ0v) is 11.1. The molecule has 0 aliphatic carbocycles. The Morgan fingerprint density at radius 2 is 2.12 bits per heavy atom. The van der Waals surface area contributed by atoms with E-state index in [0.29, 0.717) is 18.6 Å². The number of hydrogen-bond acceptors (Lipinski definition) is 4. The highest BCUT2D eigenvalue weighted by atomic mass is 16.3. The molecule has 96 valence electrons. The molecule has 1 rings (SSSR count). The van der Waals surface area contributed by atoms with Gasteiger partial charge < -0.3 is 15.3 Å². The Bertz CT molecular complexity index is 197. The van der Waals surface area contributed by atoms with Crippen LogP contribution < -0.4 is 5.32 Å². The smallest absolute Gasteiger partial charge is 0.0791 e. The summed E-state index contributed by atoms with van der Waals surface area (Å²) in [6, 6.07) is 1.10. The van der Waals surface area contributed by atoms with Gasteiger partial charge in [0.2, 0.25) is 0 Å².